The van der Waals surface area contributed by atoms with E-state index in [1.165, 1.54) is 0 Å². The SMILES string of the molecule is O=[N+]([O-])c1c(CO)ccc(C(F)(F)F)c1C(F)(F)F. The molecule has 0 unspecified atom stereocenters. The molecule has 0 saturated carbocycles. The molecule has 0 bridgehead atoms. The van der Waals surface area contributed by atoms with Crippen molar-refractivity contribution in [2.75, 3.05) is 0 Å². The number of nitrogens with zero attached hydrogens (tertiary/aromatic N) is 1. The summed E-state index contributed by atoms with van der Waals surface area (Å²) in [6.45, 7) is -1.18. The van der Waals surface area contributed by atoms with Crippen molar-refractivity contribution in [2.45, 2.75) is 19.0 Å². The molecule has 1 rings (SSSR count). The van der Waals surface area contributed by atoms with E-state index in [1.807, 2.05) is 0 Å². The Morgan fingerprint density at radius 3 is 1.95 bits per heavy atom. The molecule has 0 aromatic heterocycles. The molecule has 0 amide bonds. The highest BCUT2D eigenvalue weighted by Crippen LogP contribution is 2.45. The van der Waals surface area contributed by atoms with Gasteiger partial charge in [-0.2, -0.15) is 26.3 Å². The van der Waals surface area contributed by atoms with Crippen LogP contribution in [0.3, 0.4) is 0 Å². The second-order valence-electron chi connectivity index (χ2n) is 3.41. The number of alkyl halides is 6. The second-order valence-corrected chi connectivity index (χ2v) is 3.41. The van der Waals surface area contributed by atoms with E-state index in [0.29, 0.717) is 6.07 Å². The molecule has 1 aromatic rings. The molecule has 10 heteroatoms. The Morgan fingerprint density at radius 2 is 1.63 bits per heavy atom. The van der Waals surface area contributed by atoms with Gasteiger partial charge in [0.25, 0.3) is 5.69 Å². The Labute approximate surface area is 101 Å². The summed E-state index contributed by atoms with van der Waals surface area (Å²) in [7, 11) is 0. The quantitative estimate of drug-likeness (QED) is 0.517. The molecule has 0 atom stereocenters. The standard InChI is InChI=1S/C9H5F6NO3/c10-8(11,12)5-2-1-4(3-17)7(16(18)19)6(5)9(13,14)15/h1-2,17H,3H2. The largest absolute Gasteiger partial charge is 0.423 e. The predicted octanol–water partition coefficient (Wildman–Crippen LogP) is 3.12. The summed E-state index contributed by atoms with van der Waals surface area (Å²) in [5.74, 6) is 0. The fourth-order valence-corrected chi connectivity index (χ4v) is 1.49. The highest BCUT2D eigenvalue weighted by atomic mass is 19.4. The maximum atomic E-state index is 12.6. The van der Waals surface area contributed by atoms with Gasteiger partial charge in [-0.15, -0.1) is 0 Å². The van der Waals surface area contributed by atoms with Crippen LogP contribution in [0.15, 0.2) is 12.1 Å². The first-order chi connectivity index (χ1) is 8.50. The molecule has 0 spiro atoms. The number of aliphatic hydroxyl groups is 1. The van der Waals surface area contributed by atoms with Crippen LogP contribution in [0.1, 0.15) is 16.7 Å². The van der Waals surface area contributed by atoms with E-state index < -0.39 is 46.3 Å². The molecule has 0 heterocycles. The zero-order valence-electron chi connectivity index (χ0n) is 8.84. The third kappa shape index (κ3) is 2.95. The van der Waals surface area contributed by atoms with Crippen molar-refractivity contribution in [2.24, 2.45) is 0 Å². The van der Waals surface area contributed by atoms with E-state index in [2.05, 4.69) is 0 Å². The molecule has 0 fully saturated rings. The summed E-state index contributed by atoms with van der Waals surface area (Å²) in [5, 5.41) is 19.3. The van der Waals surface area contributed by atoms with Crippen LogP contribution in [0.25, 0.3) is 0 Å². The smallest absolute Gasteiger partial charge is 0.391 e. The van der Waals surface area contributed by atoms with E-state index >= 15 is 0 Å². The van der Waals surface area contributed by atoms with Crippen molar-refractivity contribution in [3.05, 3.63) is 38.9 Å². The minimum Gasteiger partial charge on any atom is -0.391 e. The summed E-state index contributed by atoms with van der Waals surface area (Å²) >= 11 is 0. The van der Waals surface area contributed by atoms with Gasteiger partial charge in [-0.1, -0.05) is 0 Å². The Balaban J connectivity index is 3.81. The van der Waals surface area contributed by atoms with Gasteiger partial charge in [-0.05, 0) is 12.1 Å². The van der Waals surface area contributed by atoms with Crippen molar-refractivity contribution >= 4 is 5.69 Å². The van der Waals surface area contributed by atoms with Gasteiger partial charge in [0.15, 0.2) is 0 Å². The molecule has 0 aliphatic heterocycles. The van der Waals surface area contributed by atoms with Gasteiger partial charge in [0.2, 0.25) is 0 Å². The lowest BCUT2D eigenvalue weighted by Crippen LogP contribution is -2.19. The van der Waals surface area contributed by atoms with Crippen LogP contribution in [0.5, 0.6) is 0 Å². The lowest BCUT2D eigenvalue weighted by molar-refractivity contribution is -0.389. The Hall–Kier alpha value is -1.84. The number of hydrogen-bond donors (Lipinski definition) is 1. The van der Waals surface area contributed by atoms with Gasteiger partial charge in [0.1, 0.15) is 5.56 Å². The van der Waals surface area contributed by atoms with Crippen molar-refractivity contribution in [3.63, 3.8) is 0 Å². The van der Waals surface area contributed by atoms with E-state index in [1.54, 1.807) is 0 Å². The zero-order chi connectivity index (χ0) is 15.0. The fourth-order valence-electron chi connectivity index (χ4n) is 1.49. The Bertz CT molecular complexity index is 508. The number of benzene rings is 1. The van der Waals surface area contributed by atoms with Gasteiger partial charge in [0, 0.05) is 0 Å². The average molecular weight is 289 g/mol. The van der Waals surface area contributed by atoms with Crippen molar-refractivity contribution in [1.29, 1.82) is 0 Å². The van der Waals surface area contributed by atoms with E-state index in [4.69, 9.17) is 5.11 Å². The molecule has 0 radical (unpaired) electrons. The van der Waals surface area contributed by atoms with Crippen molar-refractivity contribution in [1.82, 2.24) is 0 Å². The lowest BCUT2D eigenvalue weighted by atomic mass is 10.00. The topological polar surface area (TPSA) is 63.4 Å². The van der Waals surface area contributed by atoms with E-state index in [-0.39, 0.29) is 6.07 Å². The average Bonchev–Trinajstić information content (AvgIpc) is 2.24. The number of rotatable bonds is 2. The van der Waals surface area contributed by atoms with Gasteiger partial charge < -0.3 is 5.11 Å². The molecular weight excluding hydrogens is 284 g/mol. The molecule has 0 aliphatic rings. The summed E-state index contributed by atoms with van der Waals surface area (Å²) in [4.78, 5) is 8.96. The summed E-state index contributed by atoms with van der Waals surface area (Å²) in [6.07, 6.45) is -11.0. The van der Waals surface area contributed by atoms with Gasteiger partial charge >= 0.3 is 12.4 Å². The van der Waals surface area contributed by atoms with Crippen LogP contribution >= 0.6 is 0 Å². The fraction of sp³-hybridized carbons (Fsp3) is 0.333. The highest BCUT2D eigenvalue weighted by Gasteiger charge is 2.49. The molecular formula is C9H5F6NO3. The first-order valence-electron chi connectivity index (χ1n) is 4.55. The molecule has 19 heavy (non-hydrogen) atoms. The first-order valence-corrected chi connectivity index (χ1v) is 4.55. The minimum atomic E-state index is -5.57. The van der Waals surface area contributed by atoms with Crippen LogP contribution in [-0.4, -0.2) is 10.0 Å². The van der Waals surface area contributed by atoms with Gasteiger partial charge in [0.05, 0.1) is 22.7 Å². The maximum Gasteiger partial charge on any atom is 0.423 e. The molecule has 0 aliphatic carbocycles. The molecule has 4 nitrogen and oxygen atoms in total. The molecule has 1 aromatic carbocycles. The van der Waals surface area contributed by atoms with E-state index in [0.717, 1.165) is 0 Å². The highest BCUT2D eigenvalue weighted by molar-refractivity contribution is 5.54. The van der Waals surface area contributed by atoms with Gasteiger partial charge in [-0.3, -0.25) is 10.1 Å². The Morgan fingerprint density at radius 1 is 1.11 bits per heavy atom. The van der Waals surface area contributed by atoms with Crippen LogP contribution in [0.4, 0.5) is 32.0 Å². The molecule has 0 saturated heterocycles. The maximum absolute atomic E-state index is 12.6. The zero-order valence-corrected chi connectivity index (χ0v) is 8.84. The number of nitro groups is 1. The minimum absolute atomic E-state index is 0.0569. The van der Waals surface area contributed by atoms with Crippen LogP contribution in [0.2, 0.25) is 0 Å². The number of nitro benzene ring substituents is 1. The molecule has 1 N–H and O–H groups in total. The molecule has 106 valence electrons. The van der Waals surface area contributed by atoms with Crippen molar-refractivity contribution < 1.29 is 36.4 Å². The number of halogens is 6. The summed E-state index contributed by atoms with van der Waals surface area (Å²) < 4.78 is 75.3. The predicted molar refractivity (Wildman–Crippen MR) is 49.0 cm³/mol. The number of aliphatic hydroxyl groups excluding tert-OH is 1. The van der Waals surface area contributed by atoms with Crippen LogP contribution in [0, 0.1) is 10.1 Å². The summed E-state index contributed by atoms with van der Waals surface area (Å²) in [6, 6.07) is 0.498. The number of hydrogen-bond acceptors (Lipinski definition) is 3. The second kappa shape index (κ2) is 4.68. The third-order valence-electron chi connectivity index (χ3n) is 2.20. The third-order valence-corrected chi connectivity index (χ3v) is 2.20. The van der Waals surface area contributed by atoms with Crippen LogP contribution < -0.4 is 0 Å². The first kappa shape index (κ1) is 15.2. The van der Waals surface area contributed by atoms with E-state index in [9.17, 15) is 36.5 Å². The summed E-state index contributed by atoms with van der Waals surface area (Å²) in [5.41, 5.74) is -7.20. The normalized spacial score (nSPS) is 12.6. The Kier molecular flexibility index (Phi) is 3.75. The monoisotopic (exact) mass is 289 g/mol. The van der Waals surface area contributed by atoms with Crippen LogP contribution in [-0.2, 0) is 19.0 Å². The lowest BCUT2D eigenvalue weighted by Gasteiger charge is -2.16. The van der Waals surface area contributed by atoms with Gasteiger partial charge in [-0.25, -0.2) is 0 Å². The van der Waals surface area contributed by atoms with Crippen molar-refractivity contribution in [3.8, 4) is 0 Å².